The lowest BCUT2D eigenvalue weighted by molar-refractivity contribution is 0.0521. The summed E-state index contributed by atoms with van der Waals surface area (Å²) < 4.78 is 21.4. The quantitative estimate of drug-likeness (QED) is 0.155. The zero-order valence-electron chi connectivity index (χ0n) is 25.7. The number of allylic oxidation sites excluding steroid dienone is 1. The second-order valence-corrected chi connectivity index (χ2v) is 23.7. The molecule has 1 aromatic rings. The van der Waals surface area contributed by atoms with Crippen LogP contribution in [0.15, 0.2) is 34.3 Å². The van der Waals surface area contributed by atoms with Crippen molar-refractivity contribution in [3.63, 3.8) is 0 Å². The van der Waals surface area contributed by atoms with Gasteiger partial charge in [0.15, 0.2) is 8.32 Å². The van der Waals surface area contributed by atoms with E-state index in [1.54, 1.807) is 0 Å². The Morgan fingerprint density at radius 2 is 1.49 bits per heavy atom. The van der Waals surface area contributed by atoms with Gasteiger partial charge in [0, 0.05) is 4.47 Å². The van der Waals surface area contributed by atoms with Crippen molar-refractivity contribution in [2.24, 2.45) is 5.41 Å². The van der Waals surface area contributed by atoms with E-state index >= 15 is 0 Å². The summed E-state index contributed by atoms with van der Waals surface area (Å²) in [5.41, 5.74) is 4.28. The van der Waals surface area contributed by atoms with Crippen LogP contribution < -0.4 is 4.43 Å². The zero-order chi connectivity index (χ0) is 28.0. The van der Waals surface area contributed by atoms with Crippen LogP contribution in [0.5, 0.6) is 5.75 Å². The van der Waals surface area contributed by atoms with Crippen LogP contribution in [0, 0.1) is 5.41 Å². The molecule has 0 aromatic heterocycles. The molecule has 1 aliphatic rings. The molecule has 2 rings (SSSR count). The Labute approximate surface area is 239 Å². The molecule has 3 nitrogen and oxygen atoms in total. The van der Waals surface area contributed by atoms with Crippen molar-refractivity contribution < 1.29 is 13.6 Å². The van der Waals surface area contributed by atoms with Gasteiger partial charge in [0.2, 0.25) is 0 Å². The highest BCUT2D eigenvalue weighted by Gasteiger charge is 2.47. The van der Waals surface area contributed by atoms with Gasteiger partial charge in [-0.2, -0.15) is 0 Å². The molecule has 0 unspecified atom stereocenters. The maximum absolute atomic E-state index is 7.07. The normalized spacial score (nSPS) is 18.6. The van der Waals surface area contributed by atoms with Gasteiger partial charge in [-0.3, -0.25) is 0 Å². The number of halogens is 1. The molecule has 6 heteroatoms. The molecule has 0 saturated carbocycles. The van der Waals surface area contributed by atoms with Crippen molar-refractivity contribution in [2.45, 2.75) is 136 Å². The lowest BCUT2D eigenvalue weighted by Gasteiger charge is -2.44. The fourth-order valence-corrected chi connectivity index (χ4v) is 15.2. The molecule has 0 amide bonds. The minimum atomic E-state index is -1.98. The van der Waals surface area contributed by atoms with Crippen molar-refractivity contribution in [3.8, 4) is 5.75 Å². The number of rotatable bonds is 14. The van der Waals surface area contributed by atoms with Gasteiger partial charge < -0.3 is 13.6 Å². The minimum Gasteiger partial charge on any atom is -0.543 e. The molecule has 0 bridgehead atoms. The van der Waals surface area contributed by atoms with Crippen molar-refractivity contribution >= 4 is 32.6 Å². The second-order valence-electron chi connectivity index (χ2n) is 12.7. The molecular formula is C31H55BrO3Si2. The van der Waals surface area contributed by atoms with Crippen LogP contribution in [0.2, 0.25) is 34.8 Å². The number of benzene rings is 1. The van der Waals surface area contributed by atoms with Crippen LogP contribution in [0.1, 0.15) is 94.6 Å². The second kappa shape index (κ2) is 13.8. The van der Waals surface area contributed by atoms with Gasteiger partial charge in [-0.05, 0) is 76.3 Å². The third-order valence-corrected chi connectivity index (χ3v) is 20.4. The topological polar surface area (TPSA) is 27.7 Å². The van der Waals surface area contributed by atoms with Gasteiger partial charge >= 0.3 is 0 Å². The number of hydrogen-bond acceptors (Lipinski definition) is 3. The summed E-state index contributed by atoms with van der Waals surface area (Å²) in [4.78, 5) is 0. The van der Waals surface area contributed by atoms with Gasteiger partial charge in [0.05, 0.1) is 19.3 Å². The van der Waals surface area contributed by atoms with E-state index in [2.05, 4.69) is 116 Å². The van der Waals surface area contributed by atoms with E-state index in [0.29, 0.717) is 29.8 Å². The lowest BCUT2D eigenvalue weighted by Crippen LogP contribution is -2.50. The average molecular weight is 612 g/mol. The number of hydrogen-bond donors (Lipinski definition) is 0. The Bertz CT molecular complexity index is 860. The van der Waals surface area contributed by atoms with Gasteiger partial charge in [-0.1, -0.05) is 104 Å². The maximum Gasteiger partial charge on any atom is 0.258 e. The van der Waals surface area contributed by atoms with Crippen LogP contribution in [0.3, 0.4) is 0 Å². The lowest BCUT2D eigenvalue weighted by atomic mass is 9.75. The fraction of sp³-hybridized carbons (Fsp3) is 0.742. The predicted molar refractivity (Wildman–Crippen MR) is 169 cm³/mol. The molecule has 1 aromatic carbocycles. The first-order valence-corrected chi connectivity index (χ1v) is 20.2. The third-order valence-electron chi connectivity index (χ3n) is 9.10. The molecule has 0 radical (unpaired) electrons. The summed E-state index contributed by atoms with van der Waals surface area (Å²) >= 11 is 3.81. The molecule has 0 saturated heterocycles. The standard InChI is InChI=1S/C31H55BrO3Si2/c1-12-36(13-2,14-3)35-30-27(16-15-19-31(30,10)11)22-33-21-26-17-18-28(20-29(26)32)34-37(23(4)5,24(6)7)25(8)9/h16-18,20,23-25,30H,12-15,19,21-22H2,1-11H3/t30-/m0/s1. The predicted octanol–water partition coefficient (Wildman–Crippen LogP) is 10.7. The van der Waals surface area contributed by atoms with Crippen LogP contribution >= 0.6 is 15.9 Å². The van der Waals surface area contributed by atoms with Crippen LogP contribution in [-0.2, 0) is 15.8 Å². The number of ether oxygens (including phenoxy) is 1. The van der Waals surface area contributed by atoms with E-state index in [4.69, 9.17) is 13.6 Å². The highest BCUT2D eigenvalue weighted by Crippen LogP contribution is 2.44. The Kier molecular flexibility index (Phi) is 12.2. The van der Waals surface area contributed by atoms with Gasteiger partial charge in [-0.15, -0.1) is 0 Å². The monoisotopic (exact) mass is 610 g/mol. The molecule has 0 fully saturated rings. The van der Waals surface area contributed by atoms with Crippen molar-refractivity contribution in [1.29, 1.82) is 0 Å². The smallest absolute Gasteiger partial charge is 0.258 e. The summed E-state index contributed by atoms with van der Waals surface area (Å²) in [5.74, 6) is 0.976. The first-order chi connectivity index (χ1) is 17.3. The van der Waals surface area contributed by atoms with Crippen molar-refractivity contribution in [1.82, 2.24) is 0 Å². The van der Waals surface area contributed by atoms with Crippen molar-refractivity contribution in [2.75, 3.05) is 6.61 Å². The molecule has 0 N–H and O–H groups in total. The van der Waals surface area contributed by atoms with Crippen LogP contribution in [-0.4, -0.2) is 29.3 Å². The van der Waals surface area contributed by atoms with Crippen LogP contribution in [0.25, 0.3) is 0 Å². The molecule has 1 aliphatic carbocycles. The molecule has 37 heavy (non-hydrogen) atoms. The van der Waals surface area contributed by atoms with E-state index in [1.807, 2.05) is 0 Å². The highest BCUT2D eigenvalue weighted by molar-refractivity contribution is 9.10. The largest absolute Gasteiger partial charge is 0.543 e. The Morgan fingerprint density at radius 3 is 1.97 bits per heavy atom. The third kappa shape index (κ3) is 7.62. The van der Waals surface area contributed by atoms with E-state index in [0.717, 1.165) is 22.2 Å². The first kappa shape index (κ1) is 32.8. The van der Waals surface area contributed by atoms with Gasteiger partial charge in [0.1, 0.15) is 5.75 Å². The summed E-state index contributed by atoms with van der Waals surface area (Å²) in [6.07, 6.45) is 4.82. The first-order valence-electron chi connectivity index (χ1n) is 14.7. The summed E-state index contributed by atoms with van der Waals surface area (Å²) in [5, 5.41) is 0. The van der Waals surface area contributed by atoms with Gasteiger partial charge in [0.25, 0.3) is 8.32 Å². The Morgan fingerprint density at radius 1 is 0.919 bits per heavy atom. The van der Waals surface area contributed by atoms with E-state index in [9.17, 15) is 0 Å². The molecule has 0 heterocycles. The van der Waals surface area contributed by atoms with E-state index in [-0.39, 0.29) is 11.5 Å². The van der Waals surface area contributed by atoms with E-state index < -0.39 is 16.6 Å². The fourth-order valence-electron chi connectivity index (χ4n) is 6.53. The summed E-state index contributed by atoms with van der Waals surface area (Å²) in [6.45, 7) is 26.9. The highest BCUT2D eigenvalue weighted by atomic mass is 79.9. The molecular weight excluding hydrogens is 556 g/mol. The molecule has 0 spiro atoms. The maximum atomic E-state index is 7.07. The summed E-state index contributed by atoms with van der Waals surface area (Å²) in [7, 11) is -3.69. The van der Waals surface area contributed by atoms with E-state index in [1.165, 1.54) is 30.1 Å². The van der Waals surface area contributed by atoms with Gasteiger partial charge in [-0.25, -0.2) is 0 Å². The Balaban J connectivity index is 2.13. The minimum absolute atomic E-state index is 0.143. The SMILES string of the molecule is CC[Si](CC)(CC)O[C@H]1C(COCc2ccc(O[Si](C(C)C)(C(C)C)C(C)C)cc2Br)=CCCC1(C)C. The molecule has 212 valence electrons. The average Bonchev–Trinajstić information content (AvgIpc) is 2.83. The zero-order valence-corrected chi connectivity index (χ0v) is 29.3. The van der Waals surface area contributed by atoms with Crippen molar-refractivity contribution in [3.05, 3.63) is 39.9 Å². The van der Waals surface area contributed by atoms with Crippen LogP contribution in [0.4, 0.5) is 0 Å². The summed E-state index contributed by atoms with van der Waals surface area (Å²) in [6, 6.07) is 9.98. The molecule has 1 atom stereocenters. The molecule has 0 aliphatic heterocycles. The Hall–Kier alpha value is -0.406.